The van der Waals surface area contributed by atoms with Gasteiger partial charge in [0.05, 0.1) is 0 Å². The van der Waals surface area contributed by atoms with Gasteiger partial charge >= 0.3 is 0 Å². The SMILES string of the molecule is CCN(CC)C1N(C)C=CN1C. The van der Waals surface area contributed by atoms with Crippen LogP contribution in [0.5, 0.6) is 0 Å². The van der Waals surface area contributed by atoms with E-state index in [0.717, 1.165) is 13.1 Å². The fraction of sp³-hybridized carbons (Fsp3) is 0.778. The fourth-order valence-electron chi connectivity index (χ4n) is 1.72. The fourth-order valence-corrected chi connectivity index (χ4v) is 1.72. The zero-order valence-electron chi connectivity index (χ0n) is 8.49. The second-order valence-corrected chi connectivity index (χ2v) is 3.20. The van der Waals surface area contributed by atoms with Gasteiger partial charge in [0, 0.05) is 26.5 Å². The van der Waals surface area contributed by atoms with Crippen LogP contribution in [0.15, 0.2) is 12.4 Å². The normalized spacial score (nSPS) is 18.4. The molecule has 1 heterocycles. The first-order valence-electron chi connectivity index (χ1n) is 4.57. The van der Waals surface area contributed by atoms with Crippen molar-refractivity contribution in [3.05, 3.63) is 12.4 Å². The predicted molar refractivity (Wildman–Crippen MR) is 51.4 cm³/mol. The molecule has 0 amide bonds. The molecule has 0 atom stereocenters. The van der Waals surface area contributed by atoms with Gasteiger partial charge in [-0.25, -0.2) is 0 Å². The molecule has 0 aromatic carbocycles. The Morgan fingerprint density at radius 3 is 1.83 bits per heavy atom. The molecule has 0 fully saturated rings. The molecular formula is C9H19N3. The van der Waals surface area contributed by atoms with E-state index in [2.05, 4.69) is 55.0 Å². The summed E-state index contributed by atoms with van der Waals surface area (Å²) in [4.78, 5) is 6.88. The predicted octanol–water partition coefficient (Wildman–Crippen LogP) is 0.960. The lowest BCUT2D eigenvalue weighted by molar-refractivity contribution is 0.0269. The van der Waals surface area contributed by atoms with E-state index in [1.54, 1.807) is 0 Å². The van der Waals surface area contributed by atoms with Crippen LogP contribution in [0, 0.1) is 0 Å². The monoisotopic (exact) mass is 169 g/mol. The molecule has 0 aromatic rings. The van der Waals surface area contributed by atoms with Crippen molar-refractivity contribution in [1.29, 1.82) is 0 Å². The third kappa shape index (κ3) is 1.55. The summed E-state index contributed by atoms with van der Waals surface area (Å²) in [6.07, 6.45) is 4.64. The van der Waals surface area contributed by atoms with Gasteiger partial charge in [0.25, 0.3) is 0 Å². The standard InChI is InChI=1S/C9H19N3/c1-5-12(6-2)9-10(3)7-8-11(9)4/h7-9H,5-6H2,1-4H3. The minimum atomic E-state index is 0.417. The topological polar surface area (TPSA) is 9.72 Å². The average Bonchev–Trinajstić information content (AvgIpc) is 2.38. The summed E-state index contributed by atoms with van der Waals surface area (Å²) < 4.78 is 0. The summed E-state index contributed by atoms with van der Waals surface area (Å²) in [7, 11) is 4.23. The van der Waals surface area contributed by atoms with Crippen LogP contribution in [0.25, 0.3) is 0 Å². The maximum absolute atomic E-state index is 2.42. The Morgan fingerprint density at radius 1 is 1.08 bits per heavy atom. The molecule has 3 heteroatoms. The van der Waals surface area contributed by atoms with Crippen LogP contribution >= 0.6 is 0 Å². The first kappa shape index (κ1) is 9.39. The summed E-state index contributed by atoms with van der Waals surface area (Å²) in [5.74, 6) is 0. The van der Waals surface area contributed by atoms with Crippen LogP contribution < -0.4 is 0 Å². The number of nitrogens with zero attached hydrogens (tertiary/aromatic N) is 3. The van der Waals surface area contributed by atoms with Crippen LogP contribution in [0.4, 0.5) is 0 Å². The Balaban J connectivity index is 2.60. The minimum Gasteiger partial charge on any atom is -0.347 e. The lowest BCUT2D eigenvalue weighted by Crippen LogP contribution is -2.49. The molecule has 1 rings (SSSR count). The molecule has 0 aliphatic carbocycles. The van der Waals surface area contributed by atoms with Crippen molar-refractivity contribution in [3.8, 4) is 0 Å². The lowest BCUT2D eigenvalue weighted by Gasteiger charge is -2.36. The van der Waals surface area contributed by atoms with Crippen LogP contribution in [-0.2, 0) is 0 Å². The Kier molecular flexibility index (Phi) is 2.98. The van der Waals surface area contributed by atoms with E-state index < -0.39 is 0 Å². The van der Waals surface area contributed by atoms with Gasteiger partial charge in [-0.2, -0.15) is 0 Å². The lowest BCUT2D eigenvalue weighted by atomic mass is 10.5. The largest absolute Gasteiger partial charge is 0.347 e. The van der Waals surface area contributed by atoms with Crippen molar-refractivity contribution in [2.24, 2.45) is 0 Å². The van der Waals surface area contributed by atoms with E-state index >= 15 is 0 Å². The smallest absolute Gasteiger partial charge is 0.159 e. The van der Waals surface area contributed by atoms with E-state index in [0.29, 0.717) is 6.29 Å². The van der Waals surface area contributed by atoms with Crippen LogP contribution in [0.3, 0.4) is 0 Å². The zero-order chi connectivity index (χ0) is 9.14. The summed E-state index contributed by atoms with van der Waals surface area (Å²) in [5.41, 5.74) is 0. The Hall–Kier alpha value is -0.700. The molecule has 3 nitrogen and oxygen atoms in total. The molecule has 0 bridgehead atoms. The highest BCUT2D eigenvalue weighted by atomic mass is 15.5. The van der Waals surface area contributed by atoms with Crippen LogP contribution in [0.2, 0.25) is 0 Å². The van der Waals surface area contributed by atoms with E-state index in [9.17, 15) is 0 Å². The van der Waals surface area contributed by atoms with Gasteiger partial charge in [-0.1, -0.05) is 13.8 Å². The maximum atomic E-state index is 2.42. The molecule has 0 N–H and O–H groups in total. The van der Waals surface area contributed by atoms with Crippen molar-refractivity contribution < 1.29 is 0 Å². The van der Waals surface area contributed by atoms with Gasteiger partial charge in [0.2, 0.25) is 0 Å². The molecule has 0 saturated heterocycles. The summed E-state index contributed by atoms with van der Waals surface area (Å²) in [6.45, 7) is 6.59. The number of rotatable bonds is 3. The number of hydrogen-bond acceptors (Lipinski definition) is 3. The third-order valence-corrected chi connectivity index (χ3v) is 2.40. The second-order valence-electron chi connectivity index (χ2n) is 3.20. The summed E-state index contributed by atoms with van der Waals surface area (Å²) >= 11 is 0. The first-order valence-corrected chi connectivity index (χ1v) is 4.57. The highest BCUT2D eigenvalue weighted by molar-refractivity contribution is 4.93. The second kappa shape index (κ2) is 3.81. The quantitative estimate of drug-likeness (QED) is 0.623. The molecule has 0 unspecified atom stereocenters. The van der Waals surface area contributed by atoms with E-state index in [1.165, 1.54) is 0 Å². The van der Waals surface area contributed by atoms with Crippen molar-refractivity contribution in [1.82, 2.24) is 14.7 Å². The molecular weight excluding hydrogens is 150 g/mol. The van der Waals surface area contributed by atoms with Gasteiger partial charge in [-0.15, -0.1) is 0 Å². The third-order valence-electron chi connectivity index (χ3n) is 2.40. The van der Waals surface area contributed by atoms with Crippen molar-refractivity contribution in [2.45, 2.75) is 20.1 Å². The molecule has 1 aliphatic rings. The van der Waals surface area contributed by atoms with E-state index in [1.807, 2.05) is 0 Å². The van der Waals surface area contributed by atoms with Crippen molar-refractivity contribution in [3.63, 3.8) is 0 Å². The van der Waals surface area contributed by atoms with Gasteiger partial charge in [-0.3, -0.25) is 4.90 Å². The molecule has 70 valence electrons. The average molecular weight is 169 g/mol. The Bertz CT molecular complexity index is 151. The molecule has 0 saturated carbocycles. The number of hydrogen-bond donors (Lipinski definition) is 0. The molecule has 1 aliphatic heterocycles. The summed E-state index contributed by atoms with van der Waals surface area (Å²) in [6, 6.07) is 0. The van der Waals surface area contributed by atoms with Gasteiger partial charge < -0.3 is 9.80 Å². The van der Waals surface area contributed by atoms with Crippen LogP contribution in [-0.4, -0.2) is 48.2 Å². The highest BCUT2D eigenvalue weighted by Gasteiger charge is 2.24. The molecule has 0 aromatic heterocycles. The minimum absolute atomic E-state index is 0.417. The van der Waals surface area contributed by atoms with Gasteiger partial charge in [0.1, 0.15) is 0 Å². The first-order chi connectivity index (χ1) is 5.70. The van der Waals surface area contributed by atoms with Crippen molar-refractivity contribution >= 4 is 0 Å². The Morgan fingerprint density at radius 2 is 1.50 bits per heavy atom. The van der Waals surface area contributed by atoms with Gasteiger partial charge in [0.15, 0.2) is 6.29 Å². The Labute approximate surface area is 75.2 Å². The molecule has 0 spiro atoms. The maximum Gasteiger partial charge on any atom is 0.159 e. The van der Waals surface area contributed by atoms with E-state index in [-0.39, 0.29) is 0 Å². The molecule has 12 heavy (non-hydrogen) atoms. The van der Waals surface area contributed by atoms with Gasteiger partial charge in [-0.05, 0) is 13.1 Å². The zero-order valence-corrected chi connectivity index (χ0v) is 8.49. The van der Waals surface area contributed by atoms with E-state index in [4.69, 9.17) is 0 Å². The van der Waals surface area contributed by atoms with Crippen molar-refractivity contribution in [2.75, 3.05) is 27.2 Å². The summed E-state index contributed by atoms with van der Waals surface area (Å²) in [5, 5.41) is 0. The van der Waals surface area contributed by atoms with Crippen LogP contribution in [0.1, 0.15) is 13.8 Å². The molecule has 0 radical (unpaired) electrons. The highest BCUT2D eigenvalue weighted by Crippen LogP contribution is 2.14.